The molecule has 6 nitrogen and oxygen atoms in total. The lowest BCUT2D eigenvalue weighted by molar-refractivity contribution is -0.151. The minimum absolute atomic E-state index is 0.228. The van der Waals surface area contributed by atoms with Crippen LogP contribution < -0.4 is 4.74 Å². The van der Waals surface area contributed by atoms with Gasteiger partial charge in [-0.2, -0.15) is 0 Å². The highest BCUT2D eigenvalue weighted by atomic mass is 16.5. The zero-order valence-corrected chi connectivity index (χ0v) is 17.5. The molecule has 0 atom stereocenters. The topological polar surface area (TPSA) is 71.6 Å². The maximum absolute atomic E-state index is 12.2. The quantitative estimate of drug-likeness (QED) is 0.513. The van der Waals surface area contributed by atoms with Crippen LogP contribution in [0.1, 0.15) is 30.9 Å². The smallest absolute Gasteiger partial charge is 0.306 e. The van der Waals surface area contributed by atoms with Crippen LogP contribution in [0.5, 0.6) is 5.75 Å². The van der Waals surface area contributed by atoms with Crippen molar-refractivity contribution in [1.82, 2.24) is 9.88 Å². The average Bonchev–Trinajstić information content (AvgIpc) is 3.17. The fraction of sp³-hybridized carbons (Fsp3) is 0.333. The van der Waals surface area contributed by atoms with Gasteiger partial charge < -0.3 is 19.4 Å². The second kappa shape index (κ2) is 10.5. The highest BCUT2D eigenvalue weighted by Crippen LogP contribution is 2.19. The summed E-state index contributed by atoms with van der Waals surface area (Å²) in [6.07, 6.45) is 3.73. The van der Waals surface area contributed by atoms with E-state index in [1.165, 1.54) is 10.9 Å². The number of aromatic amines is 1. The number of nitrogens with zero attached hydrogens (tertiary/aromatic N) is 1. The van der Waals surface area contributed by atoms with E-state index >= 15 is 0 Å². The molecule has 0 saturated heterocycles. The fourth-order valence-corrected chi connectivity index (χ4v) is 3.31. The predicted octanol–water partition coefficient (Wildman–Crippen LogP) is 4.09. The van der Waals surface area contributed by atoms with E-state index in [-0.39, 0.29) is 24.9 Å². The van der Waals surface area contributed by atoms with Gasteiger partial charge in [-0.25, -0.2) is 0 Å². The number of esters is 1. The normalized spacial score (nSPS) is 10.7. The largest absolute Gasteiger partial charge is 0.494 e. The first kappa shape index (κ1) is 21.4. The number of hydrogen-bond donors (Lipinski definition) is 1. The minimum atomic E-state index is -0.349. The Morgan fingerprint density at radius 1 is 1.07 bits per heavy atom. The van der Waals surface area contributed by atoms with E-state index in [1.807, 2.05) is 55.6 Å². The first-order valence-electron chi connectivity index (χ1n) is 10.2. The van der Waals surface area contributed by atoms with Crippen molar-refractivity contribution in [3.05, 3.63) is 65.9 Å². The van der Waals surface area contributed by atoms with Gasteiger partial charge in [0.2, 0.25) is 0 Å². The van der Waals surface area contributed by atoms with Crippen LogP contribution in [0.25, 0.3) is 10.9 Å². The lowest BCUT2D eigenvalue weighted by atomic mass is 10.1. The Balaban J connectivity index is 1.37. The van der Waals surface area contributed by atoms with E-state index in [0.29, 0.717) is 19.6 Å². The van der Waals surface area contributed by atoms with Crippen molar-refractivity contribution in [2.75, 3.05) is 20.3 Å². The Morgan fingerprint density at radius 2 is 1.83 bits per heavy atom. The molecule has 0 fully saturated rings. The lowest BCUT2D eigenvalue weighted by Gasteiger charge is -2.17. The van der Waals surface area contributed by atoms with Crippen LogP contribution in [0.3, 0.4) is 0 Å². The van der Waals surface area contributed by atoms with Crippen LogP contribution >= 0.6 is 0 Å². The predicted molar refractivity (Wildman–Crippen MR) is 116 cm³/mol. The zero-order valence-electron chi connectivity index (χ0n) is 17.5. The number of benzene rings is 2. The van der Waals surface area contributed by atoms with Crippen LogP contribution in [0, 0.1) is 0 Å². The van der Waals surface area contributed by atoms with Crippen LogP contribution in [0.15, 0.2) is 54.7 Å². The van der Waals surface area contributed by atoms with Gasteiger partial charge in [-0.05, 0) is 49.1 Å². The summed E-state index contributed by atoms with van der Waals surface area (Å²) in [5, 5.41) is 1.18. The second-order valence-corrected chi connectivity index (χ2v) is 7.20. The molecule has 3 rings (SSSR count). The van der Waals surface area contributed by atoms with Crippen molar-refractivity contribution in [2.45, 2.75) is 32.7 Å². The number of carbonyl (C=O) groups excluding carboxylic acids is 2. The molecule has 1 amide bonds. The van der Waals surface area contributed by atoms with Crippen LogP contribution in [-0.4, -0.2) is 42.0 Å². The molecule has 2 aromatic carbocycles. The standard InChI is InChI=1S/C24H28N2O4/c1-3-29-20-13-11-18(12-14-20)16-26(2)23(27)17-30-24(28)10-6-7-19-15-25-22-9-5-4-8-21(19)22/h4-5,8-9,11-15,25H,3,6-7,10,16-17H2,1-2H3. The molecule has 3 aromatic rings. The average molecular weight is 408 g/mol. The van der Waals surface area contributed by atoms with Gasteiger partial charge in [-0.15, -0.1) is 0 Å². The van der Waals surface area contributed by atoms with E-state index < -0.39 is 0 Å². The molecule has 1 aromatic heterocycles. The second-order valence-electron chi connectivity index (χ2n) is 7.20. The van der Waals surface area contributed by atoms with Gasteiger partial charge in [-0.1, -0.05) is 30.3 Å². The van der Waals surface area contributed by atoms with Gasteiger partial charge in [0.15, 0.2) is 6.61 Å². The molecule has 6 heteroatoms. The number of amides is 1. The van der Waals surface area contributed by atoms with E-state index in [1.54, 1.807) is 11.9 Å². The zero-order chi connectivity index (χ0) is 21.3. The third-order valence-corrected chi connectivity index (χ3v) is 4.94. The Hall–Kier alpha value is -3.28. The van der Waals surface area contributed by atoms with Gasteiger partial charge in [0.05, 0.1) is 6.61 Å². The molecule has 0 aliphatic rings. The van der Waals surface area contributed by atoms with E-state index in [9.17, 15) is 9.59 Å². The number of fused-ring (bicyclic) bond motifs is 1. The summed E-state index contributed by atoms with van der Waals surface area (Å²) in [5.74, 6) is 0.225. The Morgan fingerprint density at radius 3 is 2.60 bits per heavy atom. The summed E-state index contributed by atoms with van der Waals surface area (Å²) in [5.41, 5.74) is 3.26. The summed E-state index contributed by atoms with van der Waals surface area (Å²) in [4.78, 5) is 29.0. The fourth-order valence-electron chi connectivity index (χ4n) is 3.31. The number of para-hydroxylation sites is 1. The van der Waals surface area contributed by atoms with Crippen molar-refractivity contribution < 1.29 is 19.1 Å². The first-order chi connectivity index (χ1) is 14.6. The maximum Gasteiger partial charge on any atom is 0.306 e. The number of rotatable bonds is 10. The summed E-state index contributed by atoms with van der Waals surface area (Å²) in [7, 11) is 1.70. The molecule has 1 heterocycles. The molecule has 30 heavy (non-hydrogen) atoms. The summed E-state index contributed by atoms with van der Waals surface area (Å²) in [6.45, 7) is 2.76. The van der Waals surface area contributed by atoms with Gasteiger partial charge in [-0.3, -0.25) is 9.59 Å². The minimum Gasteiger partial charge on any atom is -0.494 e. The number of likely N-dealkylation sites (N-methyl/N-ethyl adjacent to an activating group) is 1. The number of H-pyrrole nitrogens is 1. The van der Waals surface area contributed by atoms with E-state index in [4.69, 9.17) is 9.47 Å². The molecule has 0 unspecified atom stereocenters. The third-order valence-electron chi connectivity index (χ3n) is 4.94. The molecule has 158 valence electrons. The van der Waals surface area contributed by atoms with Crippen molar-refractivity contribution in [3.63, 3.8) is 0 Å². The highest BCUT2D eigenvalue weighted by molar-refractivity contribution is 5.83. The molecular formula is C24H28N2O4. The number of carbonyl (C=O) groups is 2. The van der Waals surface area contributed by atoms with Gasteiger partial charge in [0, 0.05) is 37.1 Å². The maximum atomic E-state index is 12.2. The lowest BCUT2D eigenvalue weighted by Crippen LogP contribution is -2.30. The number of aryl methyl sites for hydroxylation is 1. The van der Waals surface area contributed by atoms with Gasteiger partial charge in [0.1, 0.15) is 5.75 Å². The number of aromatic nitrogens is 1. The first-order valence-corrected chi connectivity index (χ1v) is 10.2. The molecule has 0 bridgehead atoms. The van der Waals surface area contributed by atoms with Crippen molar-refractivity contribution in [2.24, 2.45) is 0 Å². The molecule has 0 radical (unpaired) electrons. The number of hydrogen-bond acceptors (Lipinski definition) is 4. The number of nitrogens with one attached hydrogen (secondary N) is 1. The SMILES string of the molecule is CCOc1ccc(CN(C)C(=O)COC(=O)CCCc2c[nH]c3ccccc23)cc1. The highest BCUT2D eigenvalue weighted by Gasteiger charge is 2.13. The van der Waals surface area contributed by atoms with E-state index in [0.717, 1.165) is 23.3 Å². The Labute approximate surface area is 176 Å². The van der Waals surface area contributed by atoms with Crippen LogP contribution in [0.4, 0.5) is 0 Å². The Kier molecular flexibility index (Phi) is 7.49. The molecule has 1 N–H and O–H groups in total. The molecular weight excluding hydrogens is 380 g/mol. The van der Waals surface area contributed by atoms with Crippen LogP contribution in [0.2, 0.25) is 0 Å². The van der Waals surface area contributed by atoms with Crippen molar-refractivity contribution in [3.8, 4) is 5.75 Å². The van der Waals surface area contributed by atoms with Crippen molar-refractivity contribution >= 4 is 22.8 Å². The molecule has 0 aliphatic heterocycles. The third kappa shape index (κ3) is 5.86. The summed E-state index contributed by atoms with van der Waals surface area (Å²) < 4.78 is 10.6. The Bertz CT molecular complexity index is 978. The molecule has 0 aliphatic carbocycles. The van der Waals surface area contributed by atoms with Crippen molar-refractivity contribution in [1.29, 1.82) is 0 Å². The van der Waals surface area contributed by atoms with Gasteiger partial charge in [0.25, 0.3) is 5.91 Å². The summed E-state index contributed by atoms with van der Waals surface area (Å²) in [6, 6.07) is 15.7. The van der Waals surface area contributed by atoms with Crippen LogP contribution in [-0.2, 0) is 27.3 Å². The number of ether oxygens (including phenoxy) is 2. The monoisotopic (exact) mass is 408 g/mol. The molecule has 0 spiro atoms. The summed E-state index contributed by atoms with van der Waals surface area (Å²) >= 11 is 0. The van der Waals surface area contributed by atoms with Gasteiger partial charge >= 0.3 is 5.97 Å². The molecule has 0 saturated carbocycles. The van der Waals surface area contributed by atoms with E-state index in [2.05, 4.69) is 11.1 Å².